The number of nitrogens with two attached hydrogens (primary N) is 1. The molecule has 0 fully saturated rings. The number of esters is 1. The van der Waals surface area contributed by atoms with Crippen LogP contribution in [0.4, 0.5) is 10.2 Å². The Balaban J connectivity index is 1.78. The maximum Gasteiger partial charge on any atom is 0.355 e. The van der Waals surface area contributed by atoms with Crippen LogP contribution in [0.1, 0.15) is 16.1 Å². The summed E-state index contributed by atoms with van der Waals surface area (Å²) in [6.07, 6.45) is 2.87. The number of aromatic amines is 1. The van der Waals surface area contributed by atoms with Crippen LogP contribution in [-0.4, -0.2) is 27.6 Å². The number of nitrogens with one attached hydrogen (secondary N) is 1. The van der Waals surface area contributed by atoms with Crippen molar-refractivity contribution in [2.45, 2.75) is 6.54 Å². The highest BCUT2D eigenvalue weighted by molar-refractivity contribution is 6.17. The zero-order valence-corrected chi connectivity index (χ0v) is 19.0. The molecule has 0 saturated carbocycles. The number of nitrogens with zero attached hydrogens (tertiary/aromatic N) is 2. The molecule has 0 unspecified atom stereocenters. The van der Waals surface area contributed by atoms with E-state index in [1.165, 1.54) is 31.7 Å². The number of benzene rings is 2. The van der Waals surface area contributed by atoms with E-state index in [4.69, 9.17) is 14.9 Å². The molecule has 36 heavy (non-hydrogen) atoms. The van der Waals surface area contributed by atoms with Gasteiger partial charge in [-0.2, -0.15) is 0 Å². The van der Waals surface area contributed by atoms with Gasteiger partial charge in [0, 0.05) is 23.7 Å². The van der Waals surface area contributed by atoms with E-state index in [9.17, 15) is 9.59 Å². The van der Waals surface area contributed by atoms with Gasteiger partial charge in [0.15, 0.2) is 0 Å². The highest BCUT2D eigenvalue weighted by atomic mass is 19.1. The quantitative estimate of drug-likeness (QED) is 0.347. The van der Waals surface area contributed by atoms with E-state index >= 15 is 4.39 Å². The van der Waals surface area contributed by atoms with E-state index < -0.39 is 17.3 Å². The first kappa shape index (κ1) is 21.6. The van der Waals surface area contributed by atoms with Gasteiger partial charge in [0.1, 0.15) is 22.9 Å². The van der Waals surface area contributed by atoms with Crippen molar-refractivity contribution in [3.05, 3.63) is 94.5 Å². The second-order valence-corrected chi connectivity index (χ2v) is 8.35. The number of carbonyl (C=O) groups excluding carboxylic acids is 1. The Morgan fingerprint density at radius 2 is 2.00 bits per heavy atom. The number of H-pyrrole nitrogens is 1. The van der Waals surface area contributed by atoms with Crippen LogP contribution >= 0.6 is 0 Å². The van der Waals surface area contributed by atoms with Gasteiger partial charge < -0.3 is 24.4 Å². The number of pyridine rings is 2. The number of methoxy groups -OCH3 is 1. The molecule has 0 aliphatic rings. The van der Waals surface area contributed by atoms with Gasteiger partial charge >= 0.3 is 5.97 Å². The van der Waals surface area contributed by atoms with Crippen molar-refractivity contribution >= 4 is 44.6 Å². The fourth-order valence-corrected chi connectivity index (χ4v) is 4.83. The number of furan rings is 1. The molecule has 3 N–H and O–H groups in total. The van der Waals surface area contributed by atoms with Gasteiger partial charge in [-0.3, -0.25) is 4.79 Å². The average molecular weight is 482 g/mol. The van der Waals surface area contributed by atoms with Gasteiger partial charge in [-0.05, 0) is 42.0 Å². The molecular formula is C27H19FN4O4. The first-order valence-electron chi connectivity index (χ1n) is 11.1. The molecule has 178 valence electrons. The van der Waals surface area contributed by atoms with E-state index in [1.54, 1.807) is 22.8 Å². The second-order valence-electron chi connectivity index (χ2n) is 8.35. The Morgan fingerprint density at radius 3 is 2.81 bits per heavy atom. The average Bonchev–Trinajstić information content (AvgIpc) is 3.48. The molecule has 0 atom stereocenters. The third kappa shape index (κ3) is 3.17. The van der Waals surface area contributed by atoms with Crippen molar-refractivity contribution in [2.75, 3.05) is 12.8 Å². The third-order valence-electron chi connectivity index (χ3n) is 6.33. The van der Waals surface area contributed by atoms with E-state index in [0.717, 1.165) is 10.9 Å². The number of hydrogen-bond donors (Lipinski definition) is 2. The first-order chi connectivity index (χ1) is 17.5. The SMILES string of the molecule is COC(=O)c1c(-c2ccc[nH]c2=O)c2c3occc3c(F)cc2n1Cc1cc(N)nc2ccccc12. The highest BCUT2D eigenvalue weighted by Crippen LogP contribution is 2.40. The molecule has 4 aromatic heterocycles. The smallest absolute Gasteiger partial charge is 0.355 e. The zero-order valence-electron chi connectivity index (χ0n) is 19.0. The fraction of sp³-hybridized carbons (Fsp3) is 0.0741. The van der Waals surface area contributed by atoms with E-state index in [2.05, 4.69) is 9.97 Å². The molecule has 9 heteroatoms. The predicted octanol–water partition coefficient (Wildman–Crippen LogP) is 4.85. The minimum absolute atomic E-state index is 0.0898. The summed E-state index contributed by atoms with van der Waals surface area (Å²) in [4.78, 5) is 33.2. The van der Waals surface area contributed by atoms with Gasteiger partial charge in [-0.15, -0.1) is 0 Å². The fourth-order valence-electron chi connectivity index (χ4n) is 4.83. The lowest BCUT2D eigenvalue weighted by atomic mass is 10.0. The van der Waals surface area contributed by atoms with Crippen LogP contribution in [0.25, 0.3) is 43.9 Å². The minimum Gasteiger partial charge on any atom is -0.464 e. The summed E-state index contributed by atoms with van der Waals surface area (Å²) in [5, 5.41) is 1.49. The molecule has 0 amide bonds. The summed E-state index contributed by atoms with van der Waals surface area (Å²) in [6.45, 7) is 0.130. The Labute approximate surface area is 202 Å². The Kier molecular flexibility index (Phi) is 4.85. The summed E-state index contributed by atoms with van der Waals surface area (Å²) in [6, 6.07) is 15.3. The summed E-state index contributed by atoms with van der Waals surface area (Å²) in [5.74, 6) is -0.899. The molecule has 0 aliphatic heterocycles. The lowest BCUT2D eigenvalue weighted by Crippen LogP contribution is -2.15. The Bertz CT molecular complexity index is 1880. The van der Waals surface area contributed by atoms with E-state index in [0.29, 0.717) is 27.8 Å². The topological polar surface area (TPSA) is 116 Å². The van der Waals surface area contributed by atoms with Crippen molar-refractivity contribution in [2.24, 2.45) is 0 Å². The standard InChI is InChI=1S/C27H19FN4O4/c1-35-27(34)24-22(17-6-4-9-30-26(17)33)23-20(12-18(28)16-8-10-36-25(16)23)32(24)13-14-11-21(29)31-19-7-3-2-5-15(14)19/h2-12H,13H2,1H3,(H2,29,31)(H,30,33). The number of carbonyl (C=O) groups is 1. The number of fused-ring (bicyclic) bond motifs is 4. The largest absolute Gasteiger partial charge is 0.464 e. The van der Waals surface area contributed by atoms with Crippen LogP contribution in [-0.2, 0) is 11.3 Å². The third-order valence-corrected chi connectivity index (χ3v) is 6.33. The number of para-hydroxylation sites is 1. The van der Waals surface area contributed by atoms with Crippen molar-refractivity contribution in [1.82, 2.24) is 14.5 Å². The molecule has 0 aliphatic carbocycles. The number of rotatable bonds is 4. The molecule has 0 saturated heterocycles. The van der Waals surface area contributed by atoms with Crippen LogP contribution in [0.3, 0.4) is 0 Å². The molecule has 0 spiro atoms. The number of halogens is 1. The van der Waals surface area contributed by atoms with Gasteiger partial charge in [0.05, 0.1) is 40.7 Å². The number of anilines is 1. The number of nitrogen functional groups attached to an aromatic ring is 1. The van der Waals surface area contributed by atoms with Gasteiger partial charge in [-0.25, -0.2) is 14.2 Å². The molecule has 4 heterocycles. The van der Waals surface area contributed by atoms with E-state index in [-0.39, 0.29) is 28.8 Å². The summed E-state index contributed by atoms with van der Waals surface area (Å²) in [5.41, 5.74) is 8.32. The normalized spacial score (nSPS) is 11.5. The molecule has 6 rings (SSSR count). The van der Waals surface area contributed by atoms with Crippen LogP contribution < -0.4 is 11.3 Å². The summed E-state index contributed by atoms with van der Waals surface area (Å²) in [7, 11) is 1.26. The van der Waals surface area contributed by atoms with Crippen molar-refractivity contribution < 1.29 is 18.3 Å². The Hall–Kier alpha value is -4.92. The first-order valence-corrected chi connectivity index (χ1v) is 11.1. The zero-order chi connectivity index (χ0) is 25.0. The molecule has 2 aromatic carbocycles. The Morgan fingerprint density at radius 1 is 1.17 bits per heavy atom. The molecule has 8 nitrogen and oxygen atoms in total. The predicted molar refractivity (Wildman–Crippen MR) is 134 cm³/mol. The van der Waals surface area contributed by atoms with Crippen LogP contribution in [0, 0.1) is 5.82 Å². The molecular weight excluding hydrogens is 463 g/mol. The second kappa shape index (κ2) is 8.09. The van der Waals surface area contributed by atoms with Crippen LogP contribution in [0.2, 0.25) is 0 Å². The van der Waals surface area contributed by atoms with Gasteiger partial charge in [0.2, 0.25) is 0 Å². The van der Waals surface area contributed by atoms with Crippen LogP contribution in [0.15, 0.2) is 76.3 Å². The maximum absolute atomic E-state index is 15.2. The maximum atomic E-state index is 15.2. The van der Waals surface area contributed by atoms with Crippen molar-refractivity contribution in [1.29, 1.82) is 0 Å². The van der Waals surface area contributed by atoms with Gasteiger partial charge in [0.25, 0.3) is 5.56 Å². The minimum atomic E-state index is -0.684. The van der Waals surface area contributed by atoms with E-state index in [1.807, 2.05) is 24.3 Å². The highest BCUT2D eigenvalue weighted by Gasteiger charge is 2.29. The number of hydrogen-bond acceptors (Lipinski definition) is 6. The molecule has 0 bridgehead atoms. The molecule has 0 radical (unpaired) electrons. The summed E-state index contributed by atoms with van der Waals surface area (Å²) < 4.78 is 27.7. The lowest BCUT2D eigenvalue weighted by Gasteiger charge is -2.13. The van der Waals surface area contributed by atoms with Crippen molar-refractivity contribution in [3.63, 3.8) is 0 Å². The molecule has 6 aromatic rings. The lowest BCUT2D eigenvalue weighted by molar-refractivity contribution is 0.0590. The number of aromatic nitrogens is 3. The summed E-state index contributed by atoms with van der Waals surface area (Å²) >= 11 is 0. The van der Waals surface area contributed by atoms with Gasteiger partial charge in [-0.1, -0.05) is 18.2 Å². The van der Waals surface area contributed by atoms with Crippen molar-refractivity contribution in [3.8, 4) is 11.1 Å². The monoisotopic (exact) mass is 482 g/mol. The number of ether oxygens (including phenoxy) is 1. The van der Waals surface area contributed by atoms with Crippen LogP contribution in [0.5, 0.6) is 0 Å².